The van der Waals surface area contributed by atoms with Crippen LogP contribution in [-0.2, 0) is 6.42 Å². The number of thiophene rings is 1. The third-order valence-electron chi connectivity index (χ3n) is 3.32. The predicted molar refractivity (Wildman–Crippen MR) is 78.8 cm³/mol. The number of hydrogen-bond donors (Lipinski definition) is 1. The molecule has 0 aliphatic carbocycles. The van der Waals surface area contributed by atoms with Crippen LogP contribution in [-0.4, -0.2) is 0 Å². The van der Waals surface area contributed by atoms with Gasteiger partial charge in [-0.05, 0) is 47.7 Å². The van der Waals surface area contributed by atoms with Crippen molar-refractivity contribution in [2.24, 2.45) is 5.73 Å². The summed E-state index contributed by atoms with van der Waals surface area (Å²) in [6.07, 6.45) is 0.265. The standard InChI is InChI=1S/C16H12F3NS/c17-11-3-4-15-10(5-11)7-16(21-15)14(20)6-9-1-2-12(18)8-13(9)19/h1-5,7-8,14H,6,20H2. The smallest absolute Gasteiger partial charge is 0.129 e. The molecule has 1 heterocycles. The lowest BCUT2D eigenvalue weighted by Gasteiger charge is -2.10. The third-order valence-corrected chi connectivity index (χ3v) is 4.57. The summed E-state index contributed by atoms with van der Waals surface area (Å²) in [5.41, 5.74) is 6.46. The third kappa shape index (κ3) is 2.94. The SMILES string of the molecule is NC(Cc1ccc(F)cc1F)c1cc2cc(F)ccc2s1. The van der Waals surface area contributed by atoms with Crippen molar-refractivity contribution in [2.45, 2.75) is 12.5 Å². The molecule has 0 saturated heterocycles. The average molecular weight is 307 g/mol. The van der Waals surface area contributed by atoms with Crippen LogP contribution in [0, 0.1) is 17.5 Å². The summed E-state index contributed by atoms with van der Waals surface area (Å²) in [5.74, 6) is -1.51. The lowest BCUT2D eigenvalue weighted by molar-refractivity contribution is 0.564. The number of rotatable bonds is 3. The molecule has 0 aliphatic rings. The lowest BCUT2D eigenvalue weighted by atomic mass is 10.0. The van der Waals surface area contributed by atoms with E-state index < -0.39 is 17.7 Å². The zero-order valence-corrected chi connectivity index (χ0v) is 11.8. The molecule has 2 aromatic carbocycles. The second-order valence-electron chi connectivity index (χ2n) is 4.88. The second-order valence-corrected chi connectivity index (χ2v) is 5.99. The summed E-state index contributed by atoms with van der Waals surface area (Å²) >= 11 is 1.45. The number of hydrogen-bond acceptors (Lipinski definition) is 2. The monoisotopic (exact) mass is 307 g/mol. The van der Waals surface area contributed by atoms with Gasteiger partial charge in [0, 0.05) is 21.7 Å². The molecular formula is C16H12F3NS. The Morgan fingerprint density at radius 1 is 0.952 bits per heavy atom. The van der Waals surface area contributed by atoms with Gasteiger partial charge < -0.3 is 5.73 Å². The van der Waals surface area contributed by atoms with E-state index in [1.807, 2.05) is 6.07 Å². The van der Waals surface area contributed by atoms with Gasteiger partial charge in [0.2, 0.25) is 0 Å². The zero-order chi connectivity index (χ0) is 15.0. The molecule has 0 bridgehead atoms. The van der Waals surface area contributed by atoms with Gasteiger partial charge in [0.15, 0.2) is 0 Å². The molecule has 2 N–H and O–H groups in total. The Morgan fingerprint density at radius 3 is 2.43 bits per heavy atom. The normalized spacial score (nSPS) is 12.8. The molecule has 0 spiro atoms. The fraction of sp³-hybridized carbons (Fsp3) is 0.125. The van der Waals surface area contributed by atoms with Crippen LogP contribution in [0.25, 0.3) is 10.1 Å². The Labute approximate surface area is 123 Å². The fourth-order valence-electron chi connectivity index (χ4n) is 2.24. The highest BCUT2D eigenvalue weighted by Crippen LogP contribution is 2.31. The van der Waals surface area contributed by atoms with E-state index in [1.165, 1.54) is 35.6 Å². The van der Waals surface area contributed by atoms with E-state index in [4.69, 9.17) is 5.73 Å². The number of fused-ring (bicyclic) bond motifs is 1. The molecule has 0 fully saturated rings. The van der Waals surface area contributed by atoms with Gasteiger partial charge in [-0.1, -0.05) is 6.07 Å². The van der Waals surface area contributed by atoms with Crippen molar-refractivity contribution in [1.82, 2.24) is 0 Å². The zero-order valence-electron chi connectivity index (χ0n) is 10.9. The van der Waals surface area contributed by atoms with Crippen LogP contribution in [0.3, 0.4) is 0 Å². The maximum Gasteiger partial charge on any atom is 0.129 e. The van der Waals surface area contributed by atoms with E-state index in [-0.39, 0.29) is 12.2 Å². The van der Waals surface area contributed by atoms with Crippen molar-refractivity contribution in [2.75, 3.05) is 0 Å². The van der Waals surface area contributed by atoms with Gasteiger partial charge in [-0.3, -0.25) is 0 Å². The van der Waals surface area contributed by atoms with Crippen LogP contribution in [0.5, 0.6) is 0 Å². The van der Waals surface area contributed by atoms with Gasteiger partial charge in [0.05, 0.1) is 0 Å². The van der Waals surface area contributed by atoms with E-state index in [0.717, 1.165) is 21.0 Å². The van der Waals surface area contributed by atoms with Crippen LogP contribution in [0.15, 0.2) is 42.5 Å². The molecule has 0 radical (unpaired) electrons. The van der Waals surface area contributed by atoms with Crippen molar-refractivity contribution in [1.29, 1.82) is 0 Å². The largest absolute Gasteiger partial charge is 0.323 e. The molecule has 108 valence electrons. The van der Waals surface area contributed by atoms with Crippen molar-refractivity contribution in [3.63, 3.8) is 0 Å². The summed E-state index contributed by atoms with van der Waals surface area (Å²) < 4.78 is 40.6. The minimum atomic E-state index is -0.609. The number of benzene rings is 2. The number of halogens is 3. The lowest BCUT2D eigenvalue weighted by Crippen LogP contribution is -2.12. The second kappa shape index (κ2) is 5.50. The Hall–Kier alpha value is -1.85. The van der Waals surface area contributed by atoms with E-state index in [2.05, 4.69) is 0 Å². The molecule has 0 amide bonds. The molecule has 0 aliphatic heterocycles. The summed E-state index contributed by atoms with van der Waals surface area (Å²) in [6, 6.07) is 9.41. The van der Waals surface area contributed by atoms with E-state index in [9.17, 15) is 13.2 Å². The maximum atomic E-state index is 13.6. The molecule has 21 heavy (non-hydrogen) atoms. The first-order valence-corrected chi connectivity index (χ1v) is 7.23. The molecule has 1 nitrogen and oxygen atoms in total. The molecule has 3 aromatic rings. The topological polar surface area (TPSA) is 26.0 Å². The highest BCUT2D eigenvalue weighted by molar-refractivity contribution is 7.19. The highest BCUT2D eigenvalue weighted by atomic mass is 32.1. The Morgan fingerprint density at radius 2 is 1.67 bits per heavy atom. The molecular weight excluding hydrogens is 295 g/mol. The summed E-state index contributed by atoms with van der Waals surface area (Å²) in [4.78, 5) is 0.847. The highest BCUT2D eigenvalue weighted by Gasteiger charge is 2.14. The first kappa shape index (κ1) is 14.1. The van der Waals surface area contributed by atoms with Crippen LogP contribution < -0.4 is 5.73 Å². The quantitative estimate of drug-likeness (QED) is 0.754. The Bertz CT molecular complexity index is 797. The van der Waals surface area contributed by atoms with Crippen LogP contribution >= 0.6 is 11.3 Å². The molecule has 1 aromatic heterocycles. The first-order valence-electron chi connectivity index (χ1n) is 6.41. The molecule has 1 unspecified atom stereocenters. The summed E-state index contributed by atoms with van der Waals surface area (Å²) in [7, 11) is 0. The predicted octanol–water partition coefficient (Wildman–Crippen LogP) is 4.56. The Balaban J connectivity index is 1.87. The number of nitrogens with two attached hydrogens (primary N) is 1. The van der Waals surface area contributed by atoms with Crippen LogP contribution in [0.4, 0.5) is 13.2 Å². The fourth-order valence-corrected chi connectivity index (χ4v) is 3.29. The first-order chi connectivity index (χ1) is 10.0. The van der Waals surface area contributed by atoms with Gasteiger partial charge in [-0.2, -0.15) is 0 Å². The van der Waals surface area contributed by atoms with Crippen molar-refractivity contribution in [3.8, 4) is 0 Å². The van der Waals surface area contributed by atoms with Crippen LogP contribution in [0.1, 0.15) is 16.5 Å². The van der Waals surface area contributed by atoms with Gasteiger partial charge in [-0.25, -0.2) is 13.2 Å². The molecule has 0 saturated carbocycles. The van der Waals surface area contributed by atoms with Gasteiger partial charge in [0.1, 0.15) is 17.5 Å². The molecule has 3 rings (SSSR count). The van der Waals surface area contributed by atoms with Gasteiger partial charge in [-0.15, -0.1) is 11.3 Å². The summed E-state index contributed by atoms with van der Waals surface area (Å²) in [6.45, 7) is 0. The average Bonchev–Trinajstić information content (AvgIpc) is 2.85. The van der Waals surface area contributed by atoms with E-state index >= 15 is 0 Å². The molecule has 5 heteroatoms. The molecule has 1 atom stereocenters. The van der Waals surface area contributed by atoms with E-state index in [1.54, 1.807) is 6.07 Å². The van der Waals surface area contributed by atoms with Crippen LogP contribution in [0.2, 0.25) is 0 Å². The van der Waals surface area contributed by atoms with E-state index in [0.29, 0.717) is 5.56 Å². The minimum Gasteiger partial charge on any atom is -0.323 e. The Kier molecular flexibility index (Phi) is 3.69. The minimum absolute atomic E-state index is 0.265. The summed E-state index contributed by atoms with van der Waals surface area (Å²) in [5, 5.41) is 0.782. The van der Waals surface area contributed by atoms with Gasteiger partial charge >= 0.3 is 0 Å². The van der Waals surface area contributed by atoms with Crippen molar-refractivity contribution < 1.29 is 13.2 Å². The van der Waals surface area contributed by atoms with Crippen molar-refractivity contribution in [3.05, 3.63) is 70.4 Å². The van der Waals surface area contributed by atoms with Gasteiger partial charge in [0.25, 0.3) is 0 Å². The van der Waals surface area contributed by atoms with Crippen molar-refractivity contribution >= 4 is 21.4 Å². The maximum absolute atomic E-state index is 13.6.